The van der Waals surface area contributed by atoms with Crippen molar-refractivity contribution in [2.75, 3.05) is 5.32 Å². The van der Waals surface area contributed by atoms with Gasteiger partial charge in [-0.15, -0.1) is 0 Å². The molecule has 0 aliphatic rings. The summed E-state index contributed by atoms with van der Waals surface area (Å²) in [5.41, 5.74) is 0.180. The van der Waals surface area contributed by atoms with Crippen molar-refractivity contribution < 1.29 is 18.0 Å². The molecule has 4 nitrogen and oxygen atoms in total. The third-order valence-electron chi connectivity index (χ3n) is 5.02. The zero-order chi connectivity index (χ0) is 21.9. The number of carbonyl (C=O) groups is 1. The molecule has 1 heterocycles. The molecule has 0 fully saturated rings. The Labute approximate surface area is 172 Å². The van der Waals surface area contributed by atoms with Crippen molar-refractivity contribution in [2.45, 2.75) is 45.8 Å². The van der Waals surface area contributed by atoms with Crippen LogP contribution in [0.3, 0.4) is 0 Å². The maximum Gasteiger partial charge on any atom is 0.416 e. The van der Waals surface area contributed by atoms with Gasteiger partial charge in [0, 0.05) is 23.8 Å². The molecule has 1 N–H and O–H groups in total. The first-order valence-corrected chi connectivity index (χ1v) is 9.89. The summed E-state index contributed by atoms with van der Waals surface area (Å²) in [7, 11) is 0. The van der Waals surface area contributed by atoms with Crippen molar-refractivity contribution >= 4 is 22.5 Å². The van der Waals surface area contributed by atoms with E-state index in [1.165, 1.54) is 12.3 Å². The average Bonchev–Trinajstić information content (AvgIpc) is 2.72. The largest absolute Gasteiger partial charge is 0.416 e. The zero-order valence-corrected chi connectivity index (χ0v) is 16.8. The van der Waals surface area contributed by atoms with Crippen LogP contribution in [0.15, 0.2) is 53.5 Å². The summed E-state index contributed by atoms with van der Waals surface area (Å²) in [4.78, 5) is 25.6. The second kappa shape index (κ2) is 8.73. The molecule has 3 aromatic rings. The van der Waals surface area contributed by atoms with E-state index in [-0.39, 0.29) is 10.9 Å². The van der Waals surface area contributed by atoms with Crippen molar-refractivity contribution in [1.82, 2.24) is 4.57 Å². The minimum atomic E-state index is -4.57. The van der Waals surface area contributed by atoms with Crippen LogP contribution in [0.1, 0.15) is 48.2 Å². The number of anilines is 1. The van der Waals surface area contributed by atoms with E-state index in [4.69, 9.17) is 0 Å². The van der Waals surface area contributed by atoms with E-state index in [9.17, 15) is 22.8 Å². The van der Waals surface area contributed by atoms with Gasteiger partial charge in [0.25, 0.3) is 5.91 Å². The third-order valence-corrected chi connectivity index (χ3v) is 5.02. The molecule has 0 aliphatic carbocycles. The van der Waals surface area contributed by atoms with E-state index in [0.29, 0.717) is 17.7 Å². The lowest BCUT2D eigenvalue weighted by molar-refractivity contribution is -0.137. The molecule has 0 atom stereocenters. The summed E-state index contributed by atoms with van der Waals surface area (Å²) in [6, 6.07) is 10.3. The number of benzene rings is 2. The molecule has 0 saturated carbocycles. The van der Waals surface area contributed by atoms with Crippen LogP contribution in [0.2, 0.25) is 0 Å². The fraction of sp³-hybridized carbons (Fsp3) is 0.304. The number of amides is 1. The minimum Gasteiger partial charge on any atom is -0.347 e. The summed E-state index contributed by atoms with van der Waals surface area (Å²) in [6.07, 6.45) is -0.0873. The van der Waals surface area contributed by atoms with Crippen molar-refractivity contribution in [1.29, 1.82) is 0 Å². The Bertz CT molecular complexity index is 1120. The summed E-state index contributed by atoms with van der Waals surface area (Å²) >= 11 is 0. The van der Waals surface area contributed by atoms with Crippen molar-refractivity contribution in [2.24, 2.45) is 0 Å². The number of alkyl halides is 3. The number of rotatable bonds is 6. The minimum absolute atomic E-state index is 0.130. The Morgan fingerprint density at radius 3 is 2.37 bits per heavy atom. The van der Waals surface area contributed by atoms with Gasteiger partial charge >= 0.3 is 6.18 Å². The number of unbranched alkanes of at least 4 members (excludes halogenated alkanes) is 1. The highest BCUT2D eigenvalue weighted by atomic mass is 19.4. The monoisotopic (exact) mass is 416 g/mol. The standard InChI is InChI=1S/C23H23F3N2O2/c1-3-5-6-15-7-10-17(11-8-15)27-22(30)19-14-28(4-2)20-12-9-16(23(24,25)26)13-18(20)21(19)29/h7-14H,3-6H2,1-2H3,(H,27,30). The molecule has 2 aromatic carbocycles. The average molecular weight is 416 g/mol. The van der Waals surface area contributed by atoms with E-state index in [1.54, 1.807) is 23.6 Å². The number of halogens is 3. The molecule has 3 rings (SSSR count). The Hall–Kier alpha value is -3.09. The van der Waals surface area contributed by atoms with E-state index in [0.717, 1.165) is 37.0 Å². The molecular formula is C23H23F3N2O2. The lowest BCUT2D eigenvalue weighted by Crippen LogP contribution is -2.24. The Balaban J connectivity index is 1.97. The number of aromatic nitrogens is 1. The first-order valence-electron chi connectivity index (χ1n) is 9.89. The SMILES string of the molecule is CCCCc1ccc(NC(=O)c2cn(CC)c3ccc(C(F)(F)F)cc3c2=O)cc1. The van der Waals surface area contributed by atoms with Crippen molar-refractivity contribution in [3.8, 4) is 0 Å². The molecule has 158 valence electrons. The summed E-state index contributed by atoms with van der Waals surface area (Å²) in [5, 5.41) is 2.54. The fourth-order valence-electron chi connectivity index (χ4n) is 3.33. The van der Waals surface area contributed by atoms with Gasteiger partial charge in [-0.3, -0.25) is 9.59 Å². The highest BCUT2D eigenvalue weighted by Gasteiger charge is 2.31. The second-order valence-electron chi connectivity index (χ2n) is 7.14. The summed E-state index contributed by atoms with van der Waals surface area (Å²) < 4.78 is 40.9. The first kappa shape index (κ1) is 21.6. The number of nitrogens with zero attached hydrogens (tertiary/aromatic N) is 1. The quantitative estimate of drug-likeness (QED) is 0.566. The van der Waals surface area contributed by atoms with Gasteiger partial charge in [0.1, 0.15) is 5.56 Å². The van der Waals surface area contributed by atoms with E-state index in [1.807, 2.05) is 12.1 Å². The van der Waals surface area contributed by atoms with Crippen LogP contribution in [-0.2, 0) is 19.1 Å². The molecule has 0 radical (unpaired) electrons. The predicted molar refractivity (Wildman–Crippen MR) is 112 cm³/mol. The zero-order valence-electron chi connectivity index (χ0n) is 16.8. The van der Waals surface area contributed by atoms with Gasteiger partial charge in [0.05, 0.1) is 11.1 Å². The Morgan fingerprint density at radius 1 is 1.07 bits per heavy atom. The number of nitrogens with one attached hydrogen (secondary N) is 1. The number of aryl methyl sites for hydroxylation is 2. The Morgan fingerprint density at radius 2 is 1.77 bits per heavy atom. The van der Waals surface area contributed by atoms with E-state index < -0.39 is 23.1 Å². The third kappa shape index (κ3) is 4.56. The predicted octanol–water partition coefficient (Wildman–Crippen LogP) is 5.64. The number of hydrogen-bond donors (Lipinski definition) is 1. The molecule has 0 saturated heterocycles. The number of pyridine rings is 1. The lowest BCUT2D eigenvalue weighted by Gasteiger charge is -2.14. The number of fused-ring (bicyclic) bond motifs is 1. The molecule has 1 aromatic heterocycles. The van der Waals surface area contributed by atoms with Gasteiger partial charge in [-0.05, 0) is 55.7 Å². The summed E-state index contributed by atoms with van der Waals surface area (Å²) in [5.74, 6) is -0.650. The van der Waals surface area contributed by atoms with Crippen LogP contribution in [0.5, 0.6) is 0 Å². The smallest absolute Gasteiger partial charge is 0.347 e. The van der Waals surface area contributed by atoms with Crippen LogP contribution in [0.25, 0.3) is 10.9 Å². The van der Waals surface area contributed by atoms with Crippen LogP contribution in [0, 0.1) is 0 Å². The second-order valence-corrected chi connectivity index (χ2v) is 7.14. The van der Waals surface area contributed by atoms with Crippen molar-refractivity contribution in [3.05, 3.63) is 75.6 Å². The van der Waals surface area contributed by atoms with Crippen LogP contribution < -0.4 is 10.7 Å². The molecule has 30 heavy (non-hydrogen) atoms. The highest BCUT2D eigenvalue weighted by molar-refractivity contribution is 6.05. The van der Waals surface area contributed by atoms with Crippen molar-refractivity contribution in [3.63, 3.8) is 0 Å². The van der Waals surface area contributed by atoms with Gasteiger partial charge in [-0.2, -0.15) is 13.2 Å². The van der Waals surface area contributed by atoms with Gasteiger partial charge in [0.2, 0.25) is 5.43 Å². The molecule has 7 heteroatoms. The lowest BCUT2D eigenvalue weighted by atomic mass is 10.1. The highest BCUT2D eigenvalue weighted by Crippen LogP contribution is 2.30. The molecule has 1 amide bonds. The molecule has 0 bridgehead atoms. The van der Waals surface area contributed by atoms with Crippen LogP contribution in [0.4, 0.5) is 18.9 Å². The van der Waals surface area contributed by atoms with Crippen LogP contribution >= 0.6 is 0 Å². The first-order chi connectivity index (χ1) is 14.2. The van der Waals surface area contributed by atoms with Gasteiger partial charge in [-0.1, -0.05) is 25.5 Å². The van der Waals surface area contributed by atoms with Gasteiger partial charge < -0.3 is 9.88 Å². The number of carbonyl (C=O) groups excluding carboxylic acids is 1. The molecular weight excluding hydrogens is 393 g/mol. The molecule has 0 aliphatic heterocycles. The molecule has 0 unspecified atom stereocenters. The fourth-order valence-corrected chi connectivity index (χ4v) is 3.33. The summed E-state index contributed by atoms with van der Waals surface area (Å²) in [6.45, 7) is 4.30. The van der Waals surface area contributed by atoms with Crippen LogP contribution in [-0.4, -0.2) is 10.5 Å². The van der Waals surface area contributed by atoms with E-state index >= 15 is 0 Å². The maximum absolute atomic E-state index is 13.1. The Kier molecular flexibility index (Phi) is 6.29. The van der Waals surface area contributed by atoms with Gasteiger partial charge in [0.15, 0.2) is 0 Å². The van der Waals surface area contributed by atoms with Gasteiger partial charge in [-0.25, -0.2) is 0 Å². The number of hydrogen-bond acceptors (Lipinski definition) is 2. The molecule has 0 spiro atoms. The van der Waals surface area contributed by atoms with E-state index in [2.05, 4.69) is 12.2 Å². The topological polar surface area (TPSA) is 51.1 Å². The maximum atomic E-state index is 13.1. The normalized spacial score (nSPS) is 11.6.